The van der Waals surface area contributed by atoms with E-state index in [1.165, 1.54) is 10.4 Å². The van der Waals surface area contributed by atoms with Gasteiger partial charge in [0.2, 0.25) is 10.0 Å². The van der Waals surface area contributed by atoms with Crippen molar-refractivity contribution >= 4 is 21.6 Å². The zero-order valence-electron chi connectivity index (χ0n) is 17.1. The molecule has 3 rings (SSSR count). The second-order valence-electron chi connectivity index (χ2n) is 7.34. The zero-order valence-corrected chi connectivity index (χ0v) is 18.0. The topological polar surface area (TPSA) is 75.7 Å². The van der Waals surface area contributed by atoms with Gasteiger partial charge in [-0.2, -0.15) is 4.31 Å². The highest BCUT2D eigenvalue weighted by Crippen LogP contribution is 2.28. The molecule has 0 radical (unpaired) electrons. The standard InChI is InChI=1S/C22H28N2O4S/c1-4-16(2)19-7-5-6-8-21(19)23-22(25)20-15-18(10-9-17(20)3)29(26,27)24-11-13-28-14-12-24/h5-10,15-16H,4,11-14H2,1-3H3,(H,23,25)/t16-/m1/s1. The summed E-state index contributed by atoms with van der Waals surface area (Å²) in [6, 6.07) is 12.4. The van der Waals surface area contributed by atoms with E-state index in [9.17, 15) is 13.2 Å². The molecule has 1 atom stereocenters. The summed E-state index contributed by atoms with van der Waals surface area (Å²) in [7, 11) is -3.66. The number of rotatable bonds is 6. The van der Waals surface area contributed by atoms with E-state index in [0.29, 0.717) is 37.8 Å². The lowest BCUT2D eigenvalue weighted by Crippen LogP contribution is -2.40. The third-order valence-electron chi connectivity index (χ3n) is 5.41. The predicted octanol–water partition coefficient (Wildman–Crippen LogP) is 3.78. The normalized spacial score (nSPS) is 16.4. The second kappa shape index (κ2) is 9.07. The molecule has 1 N–H and O–H groups in total. The van der Waals surface area contributed by atoms with Crippen molar-refractivity contribution in [3.63, 3.8) is 0 Å². The Balaban J connectivity index is 1.90. The van der Waals surface area contributed by atoms with Crippen molar-refractivity contribution in [3.8, 4) is 0 Å². The van der Waals surface area contributed by atoms with Crippen molar-refractivity contribution in [1.82, 2.24) is 4.31 Å². The smallest absolute Gasteiger partial charge is 0.255 e. The van der Waals surface area contributed by atoms with Gasteiger partial charge in [0.25, 0.3) is 5.91 Å². The van der Waals surface area contributed by atoms with Gasteiger partial charge in [-0.25, -0.2) is 8.42 Å². The number of sulfonamides is 1. The van der Waals surface area contributed by atoms with E-state index in [0.717, 1.165) is 23.2 Å². The number of hydrogen-bond donors (Lipinski definition) is 1. The van der Waals surface area contributed by atoms with Crippen LogP contribution in [0.3, 0.4) is 0 Å². The number of para-hydroxylation sites is 1. The van der Waals surface area contributed by atoms with Crippen LogP contribution in [0, 0.1) is 6.92 Å². The lowest BCUT2D eigenvalue weighted by Gasteiger charge is -2.26. The Bertz CT molecular complexity index is 982. The molecule has 1 aliphatic rings. The molecule has 7 heteroatoms. The van der Waals surface area contributed by atoms with Gasteiger partial charge in [-0.3, -0.25) is 4.79 Å². The molecular formula is C22H28N2O4S. The number of morpholine rings is 1. The number of ether oxygens (including phenoxy) is 1. The SMILES string of the molecule is CC[C@@H](C)c1ccccc1NC(=O)c1cc(S(=O)(=O)N2CCOCC2)ccc1C. The van der Waals surface area contributed by atoms with E-state index < -0.39 is 10.0 Å². The van der Waals surface area contributed by atoms with Gasteiger partial charge in [-0.05, 0) is 48.6 Å². The fourth-order valence-electron chi connectivity index (χ4n) is 3.39. The van der Waals surface area contributed by atoms with Crippen LogP contribution in [-0.2, 0) is 14.8 Å². The first kappa shape index (κ1) is 21.5. The molecule has 0 unspecified atom stereocenters. The average molecular weight is 417 g/mol. The molecule has 1 amide bonds. The number of benzene rings is 2. The molecule has 2 aromatic rings. The summed E-state index contributed by atoms with van der Waals surface area (Å²) in [5, 5.41) is 2.97. The maximum atomic E-state index is 13.0. The first-order valence-corrected chi connectivity index (χ1v) is 11.4. The maximum Gasteiger partial charge on any atom is 0.255 e. The number of carbonyl (C=O) groups is 1. The Labute approximate surface area is 172 Å². The van der Waals surface area contributed by atoms with E-state index in [1.807, 2.05) is 24.3 Å². The fraction of sp³-hybridized carbons (Fsp3) is 0.409. The van der Waals surface area contributed by atoms with Crippen molar-refractivity contribution in [2.75, 3.05) is 31.6 Å². The summed E-state index contributed by atoms with van der Waals surface area (Å²) in [6.45, 7) is 7.43. The van der Waals surface area contributed by atoms with Crippen molar-refractivity contribution in [2.24, 2.45) is 0 Å². The predicted molar refractivity (Wildman–Crippen MR) is 114 cm³/mol. The first-order chi connectivity index (χ1) is 13.8. The fourth-order valence-corrected chi connectivity index (χ4v) is 4.83. The molecule has 156 valence electrons. The minimum atomic E-state index is -3.66. The lowest BCUT2D eigenvalue weighted by atomic mass is 9.96. The van der Waals surface area contributed by atoms with E-state index in [2.05, 4.69) is 19.2 Å². The molecule has 1 fully saturated rings. The van der Waals surface area contributed by atoms with Crippen LogP contribution >= 0.6 is 0 Å². The molecule has 1 saturated heterocycles. The van der Waals surface area contributed by atoms with Gasteiger partial charge in [0, 0.05) is 24.3 Å². The highest BCUT2D eigenvalue weighted by atomic mass is 32.2. The Kier molecular flexibility index (Phi) is 6.72. The minimum Gasteiger partial charge on any atom is -0.379 e. The quantitative estimate of drug-likeness (QED) is 0.778. The number of hydrogen-bond acceptors (Lipinski definition) is 4. The lowest BCUT2D eigenvalue weighted by molar-refractivity contribution is 0.0730. The van der Waals surface area contributed by atoms with Crippen molar-refractivity contribution < 1.29 is 17.9 Å². The van der Waals surface area contributed by atoms with Crippen LogP contribution in [-0.4, -0.2) is 44.9 Å². The molecule has 2 aromatic carbocycles. The molecule has 0 spiro atoms. The van der Waals surface area contributed by atoms with Gasteiger partial charge in [0.15, 0.2) is 0 Å². The van der Waals surface area contributed by atoms with Crippen LogP contribution in [0.1, 0.15) is 47.7 Å². The van der Waals surface area contributed by atoms with Gasteiger partial charge in [-0.15, -0.1) is 0 Å². The Morgan fingerprint density at radius 1 is 1.17 bits per heavy atom. The first-order valence-electron chi connectivity index (χ1n) is 9.93. The van der Waals surface area contributed by atoms with E-state index in [-0.39, 0.29) is 10.8 Å². The van der Waals surface area contributed by atoms with Gasteiger partial charge >= 0.3 is 0 Å². The molecule has 0 bridgehead atoms. The van der Waals surface area contributed by atoms with Crippen LogP contribution in [0.15, 0.2) is 47.4 Å². The molecule has 1 aliphatic heterocycles. The highest BCUT2D eigenvalue weighted by molar-refractivity contribution is 7.89. The second-order valence-corrected chi connectivity index (χ2v) is 9.28. The third kappa shape index (κ3) is 4.69. The summed E-state index contributed by atoms with van der Waals surface area (Å²) in [6.07, 6.45) is 0.958. The van der Waals surface area contributed by atoms with Crippen molar-refractivity contribution in [3.05, 3.63) is 59.2 Å². The number of nitrogens with one attached hydrogen (secondary N) is 1. The van der Waals surface area contributed by atoms with Crippen molar-refractivity contribution in [2.45, 2.75) is 38.0 Å². The van der Waals surface area contributed by atoms with E-state index in [4.69, 9.17) is 4.74 Å². The third-order valence-corrected chi connectivity index (χ3v) is 7.31. The maximum absolute atomic E-state index is 13.0. The molecule has 0 aliphatic carbocycles. The van der Waals surface area contributed by atoms with Crippen LogP contribution in [0.25, 0.3) is 0 Å². The number of amides is 1. The van der Waals surface area contributed by atoms with E-state index in [1.54, 1.807) is 19.1 Å². The average Bonchev–Trinajstić information content (AvgIpc) is 2.74. The molecule has 0 saturated carbocycles. The van der Waals surface area contributed by atoms with Crippen LogP contribution in [0.5, 0.6) is 0 Å². The summed E-state index contributed by atoms with van der Waals surface area (Å²) in [5.74, 6) is -0.00194. The molecule has 29 heavy (non-hydrogen) atoms. The van der Waals surface area contributed by atoms with Gasteiger partial charge in [-0.1, -0.05) is 38.1 Å². The van der Waals surface area contributed by atoms with Gasteiger partial charge < -0.3 is 10.1 Å². The van der Waals surface area contributed by atoms with Gasteiger partial charge in [0.05, 0.1) is 18.1 Å². The number of anilines is 1. The largest absolute Gasteiger partial charge is 0.379 e. The van der Waals surface area contributed by atoms with E-state index >= 15 is 0 Å². The molecule has 1 heterocycles. The van der Waals surface area contributed by atoms with Gasteiger partial charge in [0.1, 0.15) is 0 Å². The number of carbonyl (C=O) groups excluding carboxylic acids is 1. The summed E-state index contributed by atoms with van der Waals surface area (Å²) in [5.41, 5.74) is 2.91. The minimum absolute atomic E-state index is 0.130. The number of nitrogens with zero attached hydrogens (tertiary/aromatic N) is 1. The van der Waals surface area contributed by atoms with Crippen LogP contribution in [0.2, 0.25) is 0 Å². The molecule has 0 aromatic heterocycles. The Morgan fingerprint density at radius 2 is 1.86 bits per heavy atom. The molecular weight excluding hydrogens is 388 g/mol. The highest BCUT2D eigenvalue weighted by Gasteiger charge is 2.27. The summed E-state index contributed by atoms with van der Waals surface area (Å²) < 4.78 is 32.6. The summed E-state index contributed by atoms with van der Waals surface area (Å²) >= 11 is 0. The van der Waals surface area contributed by atoms with Crippen molar-refractivity contribution in [1.29, 1.82) is 0 Å². The van der Waals surface area contributed by atoms with Crippen LogP contribution in [0.4, 0.5) is 5.69 Å². The number of aryl methyl sites for hydroxylation is 1. The Morgan fingerprint density at radius 3 is 2.55 bits per heavy atom. The summed E-state index contributed by atoms with van der Waals surface area (Å²) in [4.78, 5) is 13.1. The van der Waals surface area contributed by atoms with Crippen LogP contribution < -0.4 is 5.32 Å². The monoisotopic (exact) mass is 416 g/mol. The Hall–Kier alpha value is -2.22. The molecule has 6 nitrogen and oxygen atoms in total. The zero-order chi connectivity index (χ0) is 21.0.